The van der Waals surface area contributed by atoms with Gasteiger partial charge in [-0.15, -0.1) is 11.8 Å². The van der Waals surface area contributed by atoms with Crippen molar-refractivity contribution >= 4 is 0 Å². The Balaban J connectivity index is 2.21. The molecule has 0 spiro atoms. The zero-order valence-electron chi connectivity index (χ0n) is 8.19. The van der Waals surface area contributed by atoms with Gasteiger partial charge in [-0.1, -0.05) is 6.92 Å². The molecule has 0 heterocycles. The van der Waals surface area contributed by atoms with Crippen molar-refractivity contribution in [2.75, 3.05) is 6.54 Å². The van der Waals surface area contributed by atoms with Gasteiger partial charge in [-0.05, 0) is 38.6 Å². The summed E-state index contributed by atoms with van der Waals surface area (Å²) in [7, 11) is 0. The second-order valence-electron chi connectivity index (χ2n) is 3.53. The Morgan fingerprint density at radius 2 is 2.25 bits per heavy atom. The molecule has 0 aliphatic heterocycles. The zero-order valence-corrected chi connectivity index (χ0v) is 8.19. The van der Waals surface area contributed by atoms with E-state index in [1.165, 1.54) is 19.3 Å². The van der Waals surface area contributed by atoms with E-state index in [0.717, 1.165) is 18.9 Å². The van der Waals surface area contributed by atoms with Gasteiger partial charge in [0.1, 0.15) is 0 Å². The van der Waals surface area contributed by atoms with E-state index < -0.39 is 0 Å². The maximum absolute atomic E-state index is 3.56. The third kappa shape index (κ3) is 3.28. The molecule has 12 heavy (non-hydrogen) atoms. The van der Waals surface area contributed by atoms with Crippen molar-refractivity contribution in [1.29, 1.82) is 0 Å². The van der Waals surface area contributed by atoms with Crippen LogP contribution in [0.15, 0.2) is 0 Å². The van der Waals surface area contributed by atoms with Gasteiger partial charge in [0, 0.05) is 12.5 Å². The Hall–Kier alpha value is -0.480. The summed E-state index contributed by atoms with van der Waals surface area (Å²) >= 11 is 0. The third-order valence-corrected chi connectivity index (χ3v) is 2.35. The summed E-state index contributed by atoms with van der Waals surface area (Å²) < 4.78 is 0. The van der Waals surface area contributed by atoms with E-state index in [-0.39, 0.29) is 0 Å². The topological polar surface area (TPSA) is 12.0 Å². The van der Waals surface area contributed by atoms with Gasteiger partial charge in [-0.3, -0.25) is 0 Å². The van der Waals surface area contributed by atoms with Crippen molar-refractivity contribution < 1.29 is 0 Å². The molecule has 1 saturated carbocycles. The summed E-state index contributed by atoms with van der Waals surface area (Å²) in [6.07, 6.45) is 5.09. The molecule has 1 N–H and O–H groups in total. The molecule has 68 valence electrons. The van der Waals surface area contributed by atoms with Crippen LogP contribution in [-0.4, -0.2) is 12.6 Å². The highest BCUT2D eigenvalue weighted by Crippen LogP contribution is 2.33. The zero-order chi connectivity index (χ0) is 8.81. The van der Waals surface area contributed by atoms with Gasteiger partial charge in [0.25, 0.3) is 0 Å². The van der Waals surface area contributed by atoms with Crippen LogP contribution in [0.2, 0.25) is 0 Å². The first-order chi connectivity index (χ1) is 5.88. The lowest BCUT2D eigenvalue weighted by molar-refractivity contribution is 0.471. The quantitative estimate of drug-likeness (QED) is 0.616. The highest BCUT2D eigenvalue weighted by Gasteiger charge is 2.29. The van der Waals surface area contributed by atoms with E-state index in [2.05, 4.69) is 24.1 Å². The smallest absolute Gasteiger partial charge is 0.0245 e. The van der Waals surface area contributed by atoms with E-state index in [4.69, 9.17) is 0 Å². The molecular weight excluding hydrogens is 146 g/mol. The molecule has 1 aliphatic carbocycles. The van der Waals surface area contributed by atoms with Crippen LogP contribution in [0.4, 0.5) is 0 Å². The molecule has 1 rings (SSSR count). The molecule has 1 atom stereocenters. The molecule has 0 aromatic rings. The van der Waals surface area contributed by atoms with Crippen LogP contribution in [0, 0.1) is 17.8 Å². The van der Waals surface area contributed by atoms with Gasteiger partial charge in [-0.25, -0.2) is 0 Å². The van der Waals surface area contributed by atoms with Gasteiger partial charge in [0.2, 0.25) is 0 Å². The number of hydrogen-bond acceptors (Lipinski definition) is 1. The van der Waals surface area contributed by atoms with Gasteiger partial charge < -0.3 is 5.32 Å². The Kier molecular flexibility index (Phi) is 4.18. The molecule has 0 radical (unpaired) electrons. The van der Waals surface area contributed by atoms with E-state index >= 15 is 0 Å². The SMILES string of the molecule is CC#CCC(NCCC)C1CC1. The Morgan fingerprint density at radius 1 is 1.50 bits per heavy atom. The Bertz CT molecular complexity index is 171. The molecule has 1 heteroatoms. The third-order valence-electron chi connectivity index (χ3n) is 2.35. The Morgan fingerprint density at radius 3 is 2.75 bits per heavy atom. The molecule has 1 nitrogen and oxygen atoms in total. The summed E-state index contributed by atoms with van der Waals surface area (Å²) in [6, 6.07) is 0.678. The van der Waals surface area contributed by atoms with Crippen LogP contribution >= 0.6 is 0 Å². The molecule has 1 aliphatic rings. The minimum Gasteiger partial charge on any atom is -0.313 e. The predicted octanol–water partition coefficient (Wildman–Crippen LogP) is 2.18. The van der Waals surface area contributed by atoms with Crippen LogP contribution in [0.25, 0.3) is 0 Å². The second-order valence-corrected chi connectivity index (χ2v) is 3.53. The van der Waals surface area contributed by atoms with Crippen LogP contribution in [0.5, 0.6) is 0 Å². The standard InChI is InChI=1S/C11H19N/c1-3-5-6-11(10-7-8-10)12-9-4-2/h10-12H,4,6-9H2,1-2H3. The van der Waals surface area contributed by atoms with Crippen LogP contribution < -0.4 is 5.32 Å². The Labute approximate surface area is 75.9 Å². The molecule has 0 aromatic heterocycles. The van der Waals surface area contributed by atoms with E-state index in [1.54, 1.807) is 0 Å². The fraction of sp³-hybridized carbons (Fsp3) is 0.818. The first-order valence-electron chi connectivity index (χ1n) is 5.01. The summed E-state index contributed by atoms with van der Waals surface area (Å²) in [4.78, 5) is 0. The fourth-order valence-electron chi connectivity index (χ4n) is 1.45. The van der Waals surface area contributed by atoms with E-state index in [9.17, 15) is 0 Å². The fourth-order valence-corrected chi connectivity index (χ4v) is 1.45. The highest BCUT2D eigenvalue weighted by atomic mass is 14.9. The lowest BCUT2D eigenvalue weighted by Crippen LogP contribution is -2.31. The average Bonchev–Trinajstić information content (AvgIpc) is 2.88. The van der Waals surface area contributed by atoms with Gasteiger partial charge in [0.15, 0.2) is 0 Å². The molecule has 0 saturated heterocycles. The first-order valence-corrected chi connectivity index (χ1v) is 5.01. The molecule has 0 bridgehead atoms. The monoisotopic (exact) mass is 165 g/mol. The van der Waals surface area contributed by atoms with Gasteiger partial charge in [-0.2, -0.15) is 0 Å². The van der Waals surface area contributed by atoms with Gasteiger partial charge >= 0.3 is 0 Å². The van der Waals surface area contributed by atoms with Crippen LogP contribution in [0.1, 0.15) is 39.5 Å². The minimum absolute atomic E-state index is 0.678. The lowest BCUT2D eigenvalue weighted by atomic mass is 10.1. The summed E-state index contributed by atoms with van der Waals surface area (Å²) in [5.74, 6) is 7.06. The summed E-state index contributed by atoms with van der Waals surface area (Å²) in [5.41, 5.74) is 0. The summed E-state index contributed by atoms with van der Waals surface area (Å²) in [5, 5.41) is 3.56. The average molecular weight is 165 g/mol. The normalized spacial score (nSPS) is 18.2. The van der Waals surface area contributed by atoms with Crippen molar-refractivity contribution in [3.05, 3.63) is 0 Å². The van der Waals surface area contributed by atoms with Crippen molar-refractivity contribution in [3.8, 4) is 11.8 Å². The molecule has 0 aromatic carbocycles. The molecule has 0 amide bonds. The maximum Gasteiger partial charge on any atom is 0.0245 e. The van der Waals surface area contributed by atoms with Gasteiger partial charge in [0.05, 0.1) is 0 Å². The second kappa shape index (κ2) is 5.22. The number of rotatable bonds is 5. The maximum atomic E-state index is 3.56. The molecule has 1 unspecified atom stereocenters. The van der Waals surface area contributed by atoms with Crippen LogP contribution in [0.3, 0.4) is 0 Å². The number of nitrogens with one attached hydrogen (secondary N) is 1. The lowest BCUT2D eigenvalue weighted by Gasteiger charge is -2.14. The van der Waals surface area contributed by atoms with Crippen molar-refractivity contribution in [3.63, 3.8) is 0 Å². The van der Waals surface area contributed by atoms with E-state index in [0.29, 0.717) is 6.04 Å². The van der Waals surface area contributed by atoms with Crippen molar-refractivity contribution in [2.24, 2.45) is 5.92 Å². The van der Waals surface area contributed by atoms with E-state index in [1.807, 2.05) is 6.92 Å². The predicted molar refractivity (Wildman–Crippen MR) is 52.9 cm³/mol. The molecule has 1 fully saturated rings. The molecular formula is C11H19N. The first kappa shape index (κ1) is 9.61. The summed E-state index contributed by atoms with van der Waals surface area (Å²) in [6.45, 7) is 5.28. The van der Waals surface area contributed by atoms with Crippen molar-refractivity contribution in [2.45, 2.75) is 45.6 Å². The largest absolute Gasteiger partial charge is 0.313 e. The highest BCUT2D eigenvalue weighted by molar-refractivity contribution is 5.01. The van der Waals surface area contributed by atoms with Crippen molar-refractivity contribution in [1.82, 2.24) is 5.32 Å². The number of hydrogen-bond donors (Lipinski definition) is 1. The van der Waals surface area contributed by atoms with Crippen LogP contribution in [-0.2, 0) is 0 Å². The minimum atomic E-state index is 0.678.